The minimum absolute atomic E-state index is 1.16. The third-order valence-corrected chi connectivity index (χ3v) is 11.6. The van der Waals surface area contributed by atoms with E-state index in [9.17, 15) is 0 Å². The first-order valence-electron chi connectivity index (χ1n) is 18.9. The zero-order chi connectivity index (χ0) is 36.0. The van der Waals surface area contributed by atoms with E-state index in [0.717, 1.165) is 11.4 Å². The molecule has 0 bridgehead atoms. The van der Waals surface area contributed by atoms with Crippen LogP contribution in [0.5, 0.6) is 0 Å². The van der Waals surface area contributed by atoms with E-state index >= 15 is 0 Å². The number of rotatable bonds is 4. The molecule has 0 atom stereocenters. The second-order valence-electron chi connectivity index (χ2n) is 14.6. The zero-order valence-corrected chi connectivity index (χ0v) is 29.9. The molecular weight excluding hydrogens is 667 g/mol. The van der Waals surface area contributed by atoms with Crippen molar-refractivity contribution in [3.05, 3.63) is 200 Å². The van der Waals surface area contributed by atoms with Crippen molar-refractivity contribution < 1.29 is 0 Å². The predicted octanol–water partition coefficient (Wildman–Crippen LogP) is 13.8. The topological polar surface area (TPSA) is 14.8 Å². The Hall–Kier alpha value is -7.36. The molecule has 0 saturated heterocycles. The van der Waals surface area contributed by atoms with Gasteiger partial charge in [0.2, 0.25) is 0 Å². The summed E-state index contributed by atoms with van der Waals surface area (Å²) in [4.78, 5) is 0. The maximum Gasteiger partial charge on any atom is 0.0548 e. The SMILES string of the molecule is c1ccc(-n2c3ccccc3c3cc(-c4ccc5c(c4)c4c6c7ccccc7n(-c7ccccc7)c6ccc4n5-c4ccc5ccccc5c4)ccc32)cc1. The maximum atomic E-state index is 2.46. The molecule has 0 radical (unpaired) electrons. The predicted molar refractivity (Wildman–Crippen MR) is 232 cm³/mol. The summed E-state index contributed by atoms with van der Waals surface area (Å²) in [5, 5.41) is 10.0. The number of hydrogen-bond donors (Lipinski definition) is 0. The maximum absolute atomic E-state index is 2.46. The van der Waals surface area contributed by atoms with Gasteiger partial charge in [0.25, 0.3) is 0 Å². The fourth-order valence-corrected chi connectivity index (χ4v) is 9.21. The highest BCUT2D eigenvalue weighted by molar-refractivity contribution is 6.29. The molecule has 0 spiro atoms. The summed E-state index contributed by atoms with van der Waals surface area (Å²) in [5.41, 5.74) is 13.1. The molecule has 0 amide bonds. The van der Waals surface area contributed by atoms with Crippen LogP contribution in [0.3, 0.4) is 0 Å². The fraction of sp³-hybridized carbons (Fsp3) is 0. The van der Waals surface area contributed by atoms with Crippen LogP contribution >= 0.6 is 0 Å². The van der Waals surface area contributed by atoms with Crippen LogP contribution in [0.2, 0.25) is 0 Å². The molecule has 12 rings (SSSR count). The van der Waals surface area contributed by atoms with Crippen molar-refractivity contribution in [2.24, 2.45) is 0 Å². The quantitative estimate of drug-likeness (QED) is 0.174. The molecule has 12 aromatic rings. The Kier molecular flexibility index (Phi) is 6.34. The Morgan fingerprint density at radius 2 is 0.691 bits per heavy atom. The molecule has 3 heterocycles. The van der Waals surface area contributed by atoms with Crippen molar-refractivity contribution in [2.45, 2.75) is 0 Å². The van der Waals surface area contributed by atoms with Crippen LogP contribution < -0.4 is 0 Å². The van der Waals surface area contributed by atoms with Gasteiger partial charge in [0.05, 0.1) is 33.1 Å². The first-order chi connectivity index (χ1) is 27.3. The summed E-state index contributed by atoms with van der Waals surface area (Å²) in [6, 6.07) is 73.2. The van der Waals surface area contributed by atoms with Crippen molar-refractivity contribution >= 4 is 76.2 Å². The van der Waals surface area contributed by atoms with Crippen LogP contribution in [0.15, 0.2) is 200 Å². The second-order valence-corrected chi connectivity index (χ2v) is 14.6. The van der Waals surface area contributed by atoms with Crippen LogP contribution in [-0.4, -0.2) is 13.7 Å². The molecule has 0 fully saturated rings. The molecule has 3 heteroatoms. The highest BCUT2D eigenvalue weighted by atomic mass is 15.0. The largest absolute Gasteiger partial charge is 0.309 e. The highest BCUT2D eigenvalue weighted by Gasteiger charge is 2.21. The van der Waals surface area contributed by atoms with Gasteiger partial charge < -0.3 is 13.7 Å². The molecule has 0 aliphatic rings. The van der Waals surface area contributed by atoms with Crippen molar-refractivity contribution in [2.75, 3.05) is 0 Å². The molecule has 9 aromatic carbocycles. The summed E-state index contributed by atoms with van der Waals surface area (Å²) >= 11 is 0. The average molecular weight is 700 g/mol. The van der Waals surface area contributed by atoms with E-state index in [2.05, 4.69) is 214 Å². The van der Waals surface area contributed by atoms with Crippen LogP contribution in [0.1, 0.15) is 0 Å². The van der Waals surface area contributed by atoms with Gasteiger partial charge in [-0.1, -0.05) is 115 Å². The van der Waals surface area contributed by atoms with Crippen molar-refractivity contribution in [1.29, 1.82) is 0 Å². The number of nitrogens with zero attached hydrogens (tertiary/aromatic N) is 3. The van der Waals surface area contributed by atoms with E-state index in [4.69, 9.17) is 0 Å². The summed E-state index contributed by atoms with van der Waals surface area (Å²) < 4.78 is 7.27. The van der Waals surface area contributed by atoms with Crippen LogP contribution in [0.4, 0.5) is 0 Å². The number of aromatic nitrogens is 3. The standard InChI is InChI=1S/C52H33N3/c1-3-15-38(16-4-1)53-45-21-11-9-19-41(45)43-32-36(24-27-47(43)53)37-25-28-48-44(33-37)52-50(55(48)40-26-23-34-13-7-8-14-35(34)31-40)30-29-49-51(52)42-20-10-12-22-46(42)54(49)39-17-5-2-6-18-39/h1-33H. The lowest BCUT2D eigenvalue weighted by molar-refractivity contribution is 1.17. The monoisotopic (exact) mass is 699 g/mol. The first-order valence-corrected chi connectivity index (χ1v) is 18.9. The van der Waals surface area contributed by atoms with E-state index in [-0.39, 0.29) is 0 Å². The molecule has 55 heavy (non-hydrogen) atoms. The Morgan fingerprint density at radius 3 is 1.38 bits per heavy atom. The summed E-state index contributed by atoms with van der Waals surface area (Å²) in [7, 11) is 0. The van der Waals surface area contributed by atoms with Gasteiger partial charge in [-0.25, -0.2) is 0 Å². The van der Waals surface area contributed by atoms with Crippen molar-refractivity contribution in [1.82, 2.24) is 13.7 Å². The molecule has 256 valence electrons. The molecular formula is C52H33N3. The third-order valence-electron chi connectivity index (χ3n) is 11.6. The van der Waals surface area contributed by atoms with Gasteiger partial charge in [0, 0.05) is 49.4 Å². The first kappa shape index (κ1) is 30.1. The van der Waals surface area contributed by atoms with Gasteiger partial charge in [-0.2, -0.15) is 0 Å². The number of hydrogen-bond acceptors (Lipinski definition) is 0. The minimum Gasteiger partial charge on any atom is -0.309 e. The molecule has 0 aliphatic heterocycles. The zero-order valence-electron chi connectivity index (χ0n) is 29.9. The van der Waals surface area contributed by atoms with E-state index in [1.54, 1.807) is 0 Å². The highest BCUT2D eigenvalue weighted by Crippen LogP contribution is 2.44. The van der Waals surface area contributed by atoms with E-state index in [1.165, 1.54) is 93.0 Å². The smallest absolute Gasteiger partial charge is 0.0548 e. The van der Waals surface area contributed by atoms with Crippen LogP contribution in [0, 0.1) is 0 Å². The Balaban J connectivity index is 1.17. The summed E-state index contributed by atoms with van der Waals surface area (Å²) in [6.07, 6.45) is 0. The van der Waals surface area contributed by atoms with Crippen molar-refractivity contribution in [3.8, 4) is 28.2 Å². The van der Waals surface area contributed by atoms with Crippen LogP contribution in [-0.2, 0) is 0 Å². The van der Waals surface area contributed by atoms with Gasteiger partial charge in [-0.3, -0.25) is 0 Å². The van der Waals surface area contributed by atoms with E-state index in [1.807, 2.05) is 0 Å². The number of benzene rings is 9. The lowest BCUT2D eigenvalue weighted by atomic mass is 9.99. The lowest BCUT2D eigenvalue weighted by Crippen LogP contribution is -1.95. The minimum atomic E-state index is 1.16. The van der Waals surface area contributed by atoms with Crippen molar-refractivity contribution in [3.63, 3.8) is 0 Å². The van der Waals surface area contributed by atoms with Gasteiger partial charge >= 0.3 is 0 Å². The molecule has 0 saturated carbocycles. The summed E-state index contributed by atoms with van der Waals surface area (Å²) in [5.74, 6) is 0. The Bertz CT molecular complexity index is 3470. The second kappa shape index (κ2) is 11.6. The van der Waals surface area contributed by atoms with E-state index < -0.39 is 0 Å². The van der Waals surface area contributed by atoms with Gasteiger partial charge in [-0.15, -0.1) is 0 Å². The molecule has 0 aliphatic carbocycles. The average Bonchev–Trinajstić information content (AvgIpc) is 3.89. The molecule has 0 N–H and O–H groups in total. The number of fused-ring (bicyclic) bond motifs is 11. The summed E-state index contributed by atoms with van der Waals surface area (Å²) in [6.45, 7) is 0. The molecule has 3 aromatic heterocycles. The normalized spacial score (nSPS) is 12.0. The van der Waals surface area contributed by atoms with Gasteiger partial charge in [0.1, 0.15) is 0 Å². The number of para-hydroxylation sites is 4. The van der Waals surface area contributed by atoms with Gasteiger partial charge in [-0.05, 0) is 107 Å². The van der Waals surface area contributed by atoms with Gasteiger partial charge in [0.15, 0.2) is 0 Å². The molecule has 0 unspecified atom stereocenters. The third kappa shape index (κ3) is 4.38. The molecule has 3 nitrogen and oxygen atoms in total. The van der Waals surface area contributed by atoms with E-state index in [0.29, 0.717) is 0 Å². The Labute approximate surface area is 317 Å². The Morgan fingerprint density at radius 1 is 0.236 bits per heavy atom. The van der Waals surface area contributed by atoms with Crippen LogP contribution in [0.25, 0.3) is 104 Å². The fourth-order valence-electron chi connectivity index (χ4n) is 9.21. The lowest BCUT2D eigenvalue weighted by Gasteiger charge is -2.10.